The lowest BCUT2D eigenvalue weighted by molar-refractivity contribution is -0.116. The summed E-state index contributed by atoms with van der Waals surface area (Å²) in [5.74, 6) is 0.524. The van der Waals surface area contributed by atoms with Crippen LogP contribution in [0.15, 0.2) is 34.2 Å². The van der Waals surface area contributed by atoms with E-state index in [4.69, 9.17) is 9.72 Å². The van der Waals surface area contributed by atoms with Gasteiger partial charge in [-0.3, -0.25) is 14.2 Å². The van der Waals surface area contributed by atoms with Crippen molar-refractivity contribution in [2.24, 2.45) is 0 Å². The molecular weight excluding hydrogens is 430 g/mol. The number of nitrogens with one attached hydrogen (secondary N) is 1. The van der Waals surface area contributed by atoms with Gasteiger partial charge in [0.1, 0.15) is 11.4 Å². The van der Waals surface area contributed by atoms with Gasteiger partial charge in [-0.15, -0.1) is 11.3 Å². The first-order valence-electron chi connectivity index (χ1n) is 10.5. The number of aryl methyl sites for hydroxylation is 1. The highest BCUT2D eigenvalue weighted by molar-refractivity contribution is 7.99. The van der Waals surface area contributed by atoms with E-state index in [0.29, 0.717) is 29.3 Å². The molecule has 6 nitrogen and oxygen atoms in total. The summed E-state index contributed by atoms with van der Waals surface area (Å²) in [5.41, 5.74) is 2.45. The van der Waals surface area contributed by atoms with Crippen LogP contribution in [0.5, 0.6) is 0 Å². The summed E-state index contributed by atoms with van der Waals surface area (Å²) < 4.78 is 7.58. The van der Waals surface area contributed by atoms with Crippen LogP contribution in [0.2, 0.25) is 0 Å². The highest BCUT2D eigenvalue weighted by Gasteiger charge is 2.33. The zero-order chi connectivity index (χ0) is 22.2. The first-order valence-corrected chi connectivity index (χ1v) is 12.3. The topological polar surface area (TPSA) is 73.2 Å². The number of thioether (sulfide) groups is 1. The molecular formula is C23H27N3O3S2. The van der Waals surface area contributed by atoms with Crippen molar-refractivity contribution in [3.05, 3.63) is 50.6 Å². The summed E-state index contributed by atoms with van der Waals surface area (Å²) in [6.45, 7) is 8.63. The molecule has 1 atom stereocenters. The van der Waals surface area contributed by atoms with E-state index in [1.54, 1.807) is 0 Å². The molecule has 1 amide bonds. The molecule has 0 radical (unpaired) electrons. The van der Waals surface area contributed by atoms with Crippen LogP contribution < -0.4 is 10.9 Å². The minimum Gasteiger partial charge on any atom is -0.369 e. The molecule has 1 aromatic carbocycles. The normalized spacial score (nSPS) is 18.2. The van der Waals surface area contributed by atoms with Crippen LogP contribution in [0.3, 0.4) is 0 Å². The average molecular weight is 458 g/mol. The van der Waals surface area contributed by atoms with Gasteiger partial charge in [0.25, 0.3) is 5.56 Å². The molecule has 2 aromatic heterocycles. The van der Waals surface area contributed by atoms with E-state index in [0.717, 1.165) is 33.0 Å². The van der Waals surface area contributed by atoms with Gasteiger partial charge < -0.3 is 10.1 Å². The lowest BCUT2D eigenvalue weighted by Gasteiger charge is -2.32. The monoisotopic (exact) mass is 457 g/mol. The first kappa shape index (κ1) is 22.0. The van der Waals surface area contributed by atoms with Gasteiger partial charge in [-0.05, 0) is 43.7 Å². The van der Waals surface area contributed by atoms with Gasteiger partial charge in [0, 0.05) is 17.0 Å². The molecule has 0 spiro atoms. The maximum Gasteiger partial charge on any atom is 0.263 e. The van der Waals surface area contributed by atoms with Gasteiger partial charge in [-0.2, -0.15) is 0 Å². The fourth-order valence-corrected chi connectivity index (χ4v) is 5.59. The van der Waals surface area contributed by atoms with Crippen molar-refractivity contribution in [1.29, 1.82) is 0 Å². The lowest BCUT2D eigenvalue weighted by atomic mass is 9.90. The maximum atomic E-state index is 13.6. The van der Waals surface area contributed by atoms with Crippen LogP contribution in [0.1, 0.15) is 43.2 Å². The summed E-state index contributed by atoms with van der Waals surface area (Å²) in [6.07, 6.45) is 1.56. The predicted octanol–water partition coefficient (Wildman–Crippen LogP) is 4.76. The Morgan fingerprint density at radius 1 is 1.32 bits per heavy atom. The molecule has 31 heavy (non-hydrogen) atoms. The fourth-order valence-electron chi connectivity index (χ4n) is 3.72. The summed E-state index contributed by atoms with van der Waals surface area (Å²) in [6, 6.07) is 7.61. The van der Waals surface area contributed by atoms with E-state index in [1.165, 1.54) is 27.7 Å². The van der Waals surface area contributed by atoms with E-state index in [-0.39, 0.29) is 23.6 Å². The SMILES string of the molecule is CCSc1nc2sc3c(c2c(=O)n1CC(=O)Nc1ccc(C)cc1)C[C@](C)(CC)OC3. The quantitative estimate of drug-likeness (QED) is 0.427. The number of thiophene rings is 1. The number of hydrogen-bond acceptors (Lipinski definition) is 6. The molecule has 1 aliphatic heterocycles. The van der Waals surface area contributed by atoms with Crippen molar-refractivity contribution in [3.63, 3.8) is 0 Å². The Balaban J connectivity index is 1.73. The Morgan fingerprint density at radius 2 is 2.06 bits per heavy atom. The van der Waals surface area contributed by atoms with E-state index in [9.17, 15) is 9.59 Å². The van der Waals surface area contributed by atoms with Gasteiger partial charge in [0.2, 0.25) is 5.91 Å². The summed E-state index contributed by atoms with van der Waals surface area (Å²) >= 11 is 3.01. The third-order valence-corrected chi connectivity index (χ3v) is 7.68. The van der Waals surface area contributed by atoms with Gasteiger partial charge in [0.15, 0.2) is 5.16 Å². The van der Waals surface area contributed by atoms with Crippen LogP contribution in [-0.4, -0.2) is 26.8 Å². The molecule has 4 rings (SSSR count). The average Bonchev–Trinajstić information content (AvgIpc) is 3.10. The van der Waals surface area contributed by atoms with Crippen molar-refractivity contribution in [1.82, 2.24) is 9.55 Å². The van der Waals surface area contributed by atoms with Gasteiger partial charge in [0.05, 0.1) is 17.6 Å². The van der Waals surface area contributed by atoms with E-state index < -0.39 is 0 Å². The second-order valence-corrected chi connectivity index (χ2v) is 10.4. The molecule has 0 fully saturated rings. The molecule has 1 aliphatic rings. The number of anilines is 1. The second kappa shape index (κ2) is 8.76. The summed E-state index contributed by atoms with van der Waals surface area (Å²) in [5, 5.41) is 4.11. The number of ether oxygens (including phenoxy) is 1. The Labute approximate surface area is 190 Å². The number of amides is 1. The molecule has 0 saturated heterocycles. The van der Waals surface area contributed by atoms with E-state index in [2.05, 4.69) is 19.2 Å². The zero-order valence-electron chi connectivity index (χ0n) is 18.3. The Kier molecular flexibility index (Phi) is 6.23. The molecule has 1 N–H and O–H groups in total. The van der Waals surface area contributed by atoms with Crippen LogP contribution in [-0.2, 0) is 29.1 Å². The Hall–Kier alpha value is -2.16. The molecule has 0 bridgehead atoms. The highest BCUT2D eigenvalue weighted by Crippen LogP contribution is 2.38. The molecule has 0 aliphatic carbocycles. The number of aromatic nitrogens is 2. The summed E-state index contributed by atoms with van der Waals surface area (Å²) in [7, 11) is 0. The maximum absolute atomic E-state index is 13.6. The number of carbonyl (C=O) groups excluding carboxylic acids is 1. The molecule has 0 saturated carbocycles. The van der Waals surface area contributed by atoms with Crippen molar-refractivity contribution in [3.8, 4) is 0 Å². The number of hydrogen-bond donors (Lipinski definition) is 1. The fraction of sp³-hybridized carbons (Fsp3) is 0.435. The number of fused-ring (bicyclic) bond motifs is 3. The van der Waals surface area contributed by atoms with Crippen molar-refractivity contribution in [2.45, 2.75) is 64.4 Å². The number of carbonyl (C=O) groups is 1. The van der Waals surface area contributed by atoms with Crippen LogP contribution in [0.4, 0.5) is 5.69 Å². The minimum atomic E-state index is -0.280. The molecule has 164 valence electrons. The van der Waals surface area contributed by atoms with E-state index in [1.807, 2.05) is 38.1 Å². The second-order valence-electron chi connectivity index (χ2n) is 8.09. The number of nitrogens with zero attached hydrogens (tertiary/aromatic N) is 2. The standard InChI is InChI=1S/C23H27N3O3S2/c1-5-23(4)11-16-17(13-29-23)31-20-19(16)21(28)26(22(25-20)30-6-2)12-18(27)24-15-9-7-14(3)8-10-15/h7-10H,5-6,11-13H2,1-4H3,(H,24,27)/t23-/m0/s1. The van der Waals surface area contributed by atoms with Gasteiger partial charge >= 0.3 is 0 Å². The number of rotatable bonds is 6. The van der Waals surface area contributed by atoms with Crippen LogP contribution in [0.25, 0.3) is 10.2 Å². The zero-order valence-corrected chi connectivity index (χ0v) is 19.9. The number of benzene rings is 1. The third kappa shape index (κ3) is 4.42. The molecule has 0 unspecified atom stereocenters. The van der Waals surface area contributed by atoms with Gasteiger partial charge in [-0.25, -0.2) is 4.98 Å². The van der Waals surface area contributed by atoms with Crippen molar-refractivity contribution >= 4 is 44.9 Å². The smallest absolute Gasteiger partial charge is 0.263 e. The minimum absolute atomic E-state index is 0.0653. The third-order valence-electron chi connectivity index (χ3n) is 5.72. The Bertz CT molecular complexity index is 1180. The predicted molar refractivity (Wildman–Crippen MR) is 127 cm³/mol. The summed E-state index contributed by atoms with van der Waals surface area (Å²) in [4.78, 5) is 32.9. The molecule has 3 aromatic rings. The molecule has 3 heterocycles. The van der Waals surface area contributed by atoms with Crippen LogP contribution in [0, 0.1) is 6.92 Å². The largest absolute Gasteiger partial charge is 0.369 e. The first-order chi connectivity index (χ1) is 14.8. The molecule has 8 heteroatoms. The van der Waals surface area contributed by atoms with Crippen molar-refractivity contribution < 1.29 is 9.53 Å². The van der Waals surface area contributed by atoms with Gasteiger partial charge in [-0.1, -0.05) is 43.3 Å². The highest BCUT2D eigenvalue weighted by atomic mass is 32.2. The van der Waals surface area contributed by atoms with Crippen molar-refractivity contribution in [2.75, 3.05) is 11.1 Å². The lowest BCUT2D eigenvalue weighted by Crippen LogP contribution is -2.35. The van der Waals surface area contributed by atoms with E-state index >= 15 is 0 Å². The Morgan fingerprint density at radius 3 is 2.74 bits per heavy atom. The van der Waals surface area contributed by atoms with Crippen LogP contribution >= 0.6 is 23.1 Å².